The third-order valence-corrected chi connectivity index (χ3v) is 2.87. The monoisotopic (exact) mass is 251 g/mol. The normalized spacial score (nSPS) is 20.4. The Balaban J connectivity index is 2.06. The van der Waals surface area contributed by atoms with Crippen molar-refractivity contribution in [3.05, 3.63) is 27.8 Å². The standard InChI is InChI=1S/C10H9N3O5/c14-10-11-3-6(12-10)5-1-8-9(18-4-17-8)2-7(5)13(15)16/h1-2,6H,3-4H2,(H2,11,12,14)/t6-/m0/s1. The number of ether oxygens (including phenoxy) is 2. The third-order valence-electron chi connectivity index (χ3n) is 2.87. The van der Waals surface area contributed by atoms with E-state index in [4.69, 9.17) is 9.47 Å². The van der Waals surface area contributed by atoms with Crippen LogP contribution in [0.4, 0.5) is 10.5 Å². The van der Waals surface area contributed by atoms with Gasteiger partial charge in [0.1, 0.15) is 0 Å². The maximum Gasteiger partial charge on any atom is 0.315 e. The van der Waals surface area contributed by atoms with E-state index in [2.05, 4.69) is 10.6 Å². The summed E-state index contributed by atoms with van der Waals surface area (Å²) in [6.07, 6.45) is 0. The molecule has 2 amide bonds. The van der Waals surface area contributed by atoms with Crippen LogP contribution in [0.2, 0.25) is 0 Å². The van der Waals surface area contributed by atoms with Crippen LogP contribution in [0.15, 0.2) is 12.1 Å². The van der Waals surface area contributed by atoms with Crippen molar-refractivity contribution in [1.82, 2.24) is 10.6 Å². The summed E-state index contributed by atoms with van der Waals surface area (Å²) in [6, 6.07) is 2.08. The molecule has 1 atom stereocenters. The van der Waals surface area contributed by atoms with Crippen LogP contribution in [0.25, 0.3) is 0 Å². The molecule has 1 aromatic carbocycles. The first-order chi connectivity index (χ1) is 8.65. The molecular formula is C10H9N3O5. The summed E-state index contributed by atoms with van der Waals surface area (Å²) in [5.41, 5.74) is 0.316. The maximum absolute atomic E-state index is 11.1. The van der Waals surface area contributed by atoms with Gasteiger partial charge in [-0.2, -0.15) is 0 Å². The van der Waals surface area contributed by atoms with Gasteiger partial charge in [-0.1, -0.05) is 0 Å². The predicted octanol–water partition coefficient (Wildman–Crippen LogP) is 0.677. The van der Waals surface area contributed by atoms with Crippen LogP contribution in [0.3, 0.4) is 0 Å². The molecule has 94 valence electrons. The van der Waals surface area contributed by atoms with Gasteiger partial charge in [-0.05, 0) is 6.07 Å². The van der Waals surface area contributed by atoms with Gasteiger partial charge in [-0.25, -0.2) is 4.79 Å². The molecule has 0 aliphatic carbocycles. The molecule has 2 heterocycles. The summed E-state index contributed by atoms with van der Waals surface area (Å²) in [7, 11) is 0. The Hall–Kier alpha value is -2.51. The molecule has 0 bridgehead atoms. The number of nitrogens with one attached hydrogen (secondary N) is 2. The fourth-order valence-electron chi connectivity index (χ4n) is 2.03. The Morgan fingerprint density at radius 1 is 1.33 bits per heavy atom. The van der Waals surface area contributed by atoms with Crippen LogP contribution >= 0.6 is 0 Å². The lowest BCUT2D eigenvalue weighted by Gasteiger charge is -2.10. The predicted molar refractivity (Wildman–Crippen MR) is 58.5 cm³/mol. The van der Waals surface area contributed by atoms with Crippen LogP contribution in [0.1, 0.15) is 11.6 Å². The number of nitro groups is 1. The number of rotatable bonds is 2. The molecule has 2 aliphatic rings. The smallest absolute Gasteiger partial charge is 0.315 e. The molecule has 8 heteroatoms. The van der Waals surface area contributed by atoms with Gasteiger partial charge in [0.05, 0.1) is 22.6 Å². The Labute approximate surface area is 101 Å². The largest absolute Gasteiger partial charge is 0.454 e. The van der Waals surface area contributed by atoms with E-state index < -0.39 is 11.0 Å². The van der Waals surface area contributed by atoms with Crippen LogP contribution in [0.5, 0.6) is 11.5 Å². The van der Waals surface area contributed by atoms with Crippen LogP contribution in [0, 0.1) is 10.1 Å². The summed E-state index contributed by atoms with van der Waals surface area (Å²) < 4.78 is 10.3. The summed E-state index contributed by atoms with van der Waals surface area (Å²) in [5, 5.41) is 16.2. The lowest BCUT2D eigenvalue weighted by atomic mass is 10.0. The van der Waals surface area contributed by atoms with Crippen LogP contribution in [-0.2, 0) is 0 Å². The highest BCUT2D eigenvalue weighted by Gasteiger charge is 2.31. The van der Waals surface area contributed by atoms with Crippen LogP contribution in [-0.4, -0.2) is 24.3 Å². The van der Waals surface area contributed by atoms with E-state index in [0.717, 1.165) is 0 Å². The Morgan fingerprint density at radius 2 is 2.06 bits per heavy atom. The lowest BCUT2D eigenvalue weighted by molar-refractivity contribution is -0.385. The van der Waals surface area contributed by atoms with E-state index >= 15 is 0 Å². The molecular weight excluding hydrogens is 242 g/mol. The highest BCUT2D eigenvalue weighted by atomic mass is 16.7. The first kappa shape index (κ1) is 10.6. The number of hydrogen-bond donors (Lipinski definition) is 2. The van der Waals surface area contributed by atoms with E-state index in [0.29, 0.717) is 23.6 Å². The van der Waals surface area contributed by atoms with Gasteiger partial charge in [0.15, 0.2) is 11.5 Å². The van der Waals surface area contributed by atoms with Gasteiger partial charge in [-0.3, -0.25) is 10.1 Å². The van der Waals surface area contributed by atoms with E-state index in [1.807, 2.05) is 0 Å². The van der Waals surface area contributed by atoms with Crippen molar-refractivity contribution >= 4 is 11.7 Å². The minimum absolute atomic E-state index is 0.0468. The summed E-state index contributed by atoms with van der Waals surface area (Å²) in [4.78, 5) is 21.6. The number of carbonyl (C=O) groups is 1. The summed E-state index contributed by atoms with van der Waals surface area (Å²) in [6.45, 7) is 0.352. The van der Waals surface area contributed by atoms with Crippen molar-refractivity contribution in [2.75, 3.05) is 13.3 Å². The van der Waals surface area contributed by atoms with E-state index in [-0.39, 0.29) is 18.5 Å². The van der Waals surface area contributed by atoms with Gasteiger partial charge in [0, 0.05) is 6.54 Å². The highest BCUT2D eigenvalue weighted by Crippen LogP contribution is 2.40. The number of benzene rings is 1. The number of amides is 2. The molecule has 18 heavy (non-hydrogen) atoms. The first-order valence-corrected chi connectivity index (χ1v) is 5.27. The van der Waals surface area contributed by atoms with Gasteiger partial charge >= 0.3 is 6.03 Å². The summed E-state index contributed by atoms with van der Waals surface area (Å²) >= 11 is 0. The molecule has 1 fully saturated rings. The average molecular weight is 251 g/mol. The minimum atomic E-state index is -0.498. The Kier molecular flexibility index (Phi) is 2.22. The molecule has 1 aromatic rings. The van der Waals surface area contributed by atoms with Gasteiger partial charge in [-0.15, -0.1) is 0 Å². The SMILES string of the molecule is O=C1NC[C@@H](c2cc3c(cc2[N+](=O)[O-])OCO3)N1. The Bertz CT molecular complexity index is 545. The van der Waals surface area contributed by atoms with E-state index in [1.165, 1.54) is 6.07 Å². The van der Waals surface area contributed by atoms with Crippen molar-refractivity contribution in [3.8, 4) is 11.5 Å². The molecule has 0 saturated carbocycles. The zero-order valence-corrected chi connectivity index (χ0v) is 9.13. The topological polar surface area (TPSA) is 103 Å². The number of fused-ring (bicyclic) bond motifs is 1. The van der Waals surface area contributed by atoms with E-state index in [1.54, 1.807) is 6.07 Å². The lowest BCUT2D eigenvalue weighted by Crippen LogP contribution is -2.22. The molecule has 0 radical (unpaired) electrons. The highest BCUT2D eigenvalue weighted by molar-refractivity contribution is 5.77. The fraction of sp³-hybridized carbons (Fsp3) is 0.300. The number of urea groups is 1. The van der Waals surface area contributed by atoms with Crippen LogP contribution < -0.4 is 20.1 Å². The summed E-state index contributed by atoms with van der Waals surface area (Å²) in [5.74, 6) is 0.805. The Morgan fingerprint density at radius 3 is 2.67 bits per heavy atom. The number of nitrogens with zero attached hydrogens (tertiary/aromatic N) is 1. The molecule has 3 rings (SSSR count). The number of nitro benzene ring substituents is 1. The molecule has 0 unspecified atom stereocenters. The fourth-order valence-corrected chi connectivity index (χ4v) is 2.03. The van der Waals surface area contributed by atoms with Gasteiger partial charge in [0.25, 0.3) is 5.69 Å². The molecule has 8 nitrogen and oxygen atoms in total. The van der Waals surface area contributed by atoms with Crippen molar-refractivity contribution < 1.29 is 19.2 Å². The van der Waals surface area contributed by atoms with Gasteiger partial charge in [0.2, 0.25) is 6.79 Å². The maximum atomic E-state index is 11.1. The molecule has 0 aromatic heterocycles. The van der Waals surface area contributed by atoms with Crippen molar-refractivity contribution in [3.63, 3.8) is 0 Å². The number of carbonyl (C=O) groups excluding carboxylic acids is 1. The quantitative estimate of drug-likeness (QED) is 0.594. The molecule has 2 aliphatic heterocycles. The first-order valence-electron chi connectivity index (χ1n) is 5.27. The zero-order valence-electron chi connectivity index (χ0n) is 9.13. The second kappa shape index (κ2) is 3.76. The zero-order chi connectivity index (χ0) is 12.7. The second-order valence-corrected chi connectivity index (χ2v) is 3.93. The van der Waals surface area contributed by atoms with Crippen molar-refractivity contribution in [1.29, 1.82) is 0 Å². The van der Waals surface area contributed by atoms with Crippen molar-refractivity contribution in [2.45, 2.75) is 6.04 Å². The van der Waals surface area contributed by atoms with Gasteiger partial charge < -0.3 is 20.1 Å². The van der Waals surface area contributed by atoms with E-state index in [9.17, 15) is 14.9 Å². The minimum Gasteiger partial charge on any atom is -0.454 e. The second-order valence-electron chi connectivity index (χ2n) is 3.93. The van der Waals surface area contributed by atoms with Crippen molar-refractivity contribution in [2.24, 2.45) is 0 Å². The third kappa shape index (κ3) is 1.58. The number of hydrogen-bond acceptors (Lipinski definition) is 5. The average Bonchev–Trinajstić information content (AvgIpc) is 2.94. The molecule has 1 saturated heterocycles. The molecule has 2 N–H and O–H groups in total. The molecule has 0 spiro atoms.